The fraction of sp³-hybridized carbons (Fsp3) is 0.182. The normalized spacial score (nSPS) is 10.2. The predicted octanol–water partition coefficient (Wildman–Crippen LogP) is 2.02. The van der Waals surface area contributed by atoms with E-state index in [1.54, 1.807) is 25.3 Å². The van der Waals surface area contributed by atoms with Crippen LogP contribution < -0.4 is 15.2 Å². The van der Waals surface area contributed by atoms with Gasteiger partial charge in [0.25, 0.3) is 5.19 Å². The Bertz CT molecular complexity index is 513. The SMILES string of the molecule is COc1cc(CO)ccc1Oc1ncc(N)s1. The summed E-state index contributed by atoms with van der Waals surface area (Å²) in [6.07, 6.45) is 1.54. The van der Waals surface area contributed by atoms with Gasteiger partial charge in [0.1, 0.15) is 5.00 Å². The van der Waals surface area contributed by atoms with Gasteiger partial charge in [0.05, 0.1) is 19.9 Å². The zero-order valence-electron chi connectivity index (χ0n) is 9.21. The molecule has 0 unspecified atom stereocenters. The van der Waals surface area contributed by atoms with Crippen LogP contribution in [0.1, 0.15) is 5.56 Å². The van der Waals surface area contributed by atoms with Gasteiger partial charge >= 0.3 is 0 Å². The van der Waals surface area contributed by atoms with Gasteiger partial charge in [-0.2, -0.15) is 0 Å². The Kier molecular flexibility index (Phi) is 3.46. The number of ether oxygens (including phenoxy) is 2. The Hall–Kier alpha value is -1.79. The van der Waals surface area contributed by atoms with Crippen LogP contribution >= 0.6 is 11.3 Å². The van der Waals surface area contributed by atoms with Crippen LogP contribution in [-0.4, -0.2) is 17.2 Å². The van der Waals surface area contributed by atoms with E-state index in [-0.39, 0.29) is 6.61 Å². The first kappa shape index (κ1) is 11.7. The third-order valence-electron chi connectivity index (χ3n) is 2.11. The van der Waals surface area contributed by atoms with Gasteiger partial charge in [0.2, 0.25) is 0 Å². The molecule has 0 atom stereocenters. The lowest BCUT2D eigenvalue weighted by atomic mass is 10.2. The first-order chi connectivity index (χ1) is 8.22. The summed E-state index contributed by atoms with van der Waals surface area (Å²) in [5.74, 6) is 1.09. The van der Waals surface area contributed by atoms with Crippen LogP contribution in [0.25, 0.3) is 0 Å². The molecule has 2 rings (SSSR count). The van der Waals surface area contributed by atoms with Crippen LogP contribution in [0, 0.1) is 0 Å². The summed E-state index contributed by atoms with van der Waals surface area (Å²) >= 11 is 1.25. The molecule has 0 saturated carbocycles. The maximum absolute atomic E-state index is 9.02. The van der Waals surface area contributed by atoms with Crippen molar-refractivity contribution in [2.45, 2.75) is 6.61 Å². The number of nitrogen functional groups attached to an aromatic ring is 1. The number of nitrogens with zero attached hydrogens (tertiary/aromatic N) is 1. The van der Waals surface area contributed by atoms with Crippen LogP contribution in [0.3, 0.4) is 0 Å². The molecule has 1 aromatic carbocycles. The number of aliphatic hydroxyl groups is 1. The Balaban J connectivity index is 2.26. The van der Waals surface area contributed by atoms with Crippen LogP contribution in [0.4, 0.5) is 5.00 Å². The number of aromatic nitrogens is 1. The molecule has 0 fully saturated rings. The molecule has 3 N–H and O–H groups in total. The fourth-order valence-electron chi connectivity index (χ4n) is 1.31. The highest BCUT2D eigenvalue weighted by molar-refractivity contribution is 7.17. The van der Waals surface area contributed by atoms with E-state index in [1.807, 2.05) is 0 Å². The van der Waals surface area contributed by atoms with E-state index in [0.29, 0.717) is 21.7 Å². The summed E-state index contributed by atoms with van der Waals surface area (Å²) in [4.78, 5) is 4.00. The van der Waals surface area contributed by atoms with Crippen molar-refractivity contribution >= 4 is 16.3 Å². The highest BCUT2D eigenvalue weighted by atomic mass is 32.1. The number of anilines is 1. The van der Waals surface area contributed by atoms with E-state index in [2.05, 4.69) is 4.98 Å². The maximum Gasteiger partial charge on any atom is 0.280 e. The Morgan fingerprint density at radius 1 is 1.41 bits per heavy atom. The van der Waals surface area contributed by atoms with Crippen molar-refractivity contribution < 1.29 is 14.6 Å². The van der Waals surface area contributed by atoms with Crippen molar-refractivity contribution in [3.63, 3.8) is 0 Å². The number of thiazole rings is 1. The second kappa shape index (κ2) is 5.03. The lowest BCUT2D eigenvalue weighted by molar-refractivity contribution is 0.280. The van der Waals surface area contributed by atoms with Gasteiger partial charge < -0.3 is 20.3 Å². The summed E-state index contributed by atoms with van der Waals surface area (Å²) < 4.78 is 10.7. The Labute approximate surface area is 102 Å². The molecule has 0 aliphatic heterocycles. The highest BCUT2D eigenvalue weighted by Crippen LogP contribution is 2.34. The van der Waals surface area contributed by atoms with Crippen molar-refractivity contribution in [3.8, 4) is 16.7 Å². The first-order valence-corrected chi connectivity index (χ1v) is 5.71. The highest BCUT2D eigenvalue weighted by Gasteiger charge is 2.09. The molecule has 17 heavy (non-hydrogen) atoms. The van der Waals surface area contributed by atoms with Gasteiger partial charge in [-0.1, -0.05) is 17.4 Å². The fourth-order valence-corrected chi connectivity index (χ4v) is 1.85. The zero-order valence-corrected chi connectivity index (χ0v) is 10.0. The molecule has 0 aliphatic rings. The molecule has 1 heterocycles. The third kappa shape index (κ3) is 2.66. The molecule has 5 nitrogen and oxygen atoms in total. The molecule has 0 spiro atoms. The number of aliphatic hydroxyl groups excluding tert-OH is 1. The van der Waals surface area contributed by atoms with Gasteiger partial charge in [-0.3, -0.25) is 0 Å². The van der Waals surface area contributed by atoms with Crippen molar-refractivity contribution in [1.29, 1.82) is 0 Å². The second-order valence-corrected chi connectivity index (χ2v) is 4.30. The summed E-state index contributed by atoms with van der Waals surface area (Å²) in [5.41, 5.74) is 6.32. The lowest BCUT2D eigenvalue weighted by Crippen LogP contribution is -1.92. The van der Waals surface area contributed by atoms with Gasteiger partial charge in [0.15, 0.2) is 11.5 Å². The number of nitrogens with two attached hydrogens (primary N) is 1. The average Bonchev–Trinajstić information content (AvgIpc) is 2.75. The average molecular weight is 252 g/mol. The van der Waals surface area contributed by atoms with Gasteiger partial charge in [-0.05, 0) is 17.7 Å². The Morgan fingerprint density at radius 3 is 2.82 bits per heavy atom. The molecule has 0 saturated heterocycles. The van der Waals surface area contributed by atoms with Gasteiger partial charge in [-0.25, -0.2) is 4.98 Å². The van der Waals surface area contributed by atoms with Crippen LogP contribution in [0.5, 0.6) is 16.7 Å². The van der Waals surface area contributed by atoms with Crippen LogP contribution in [0.15, 0.2) is 24.4 Å². The molecular formula is C11H12N2O3S. The van der Waals surface area contributed by atoms with Gasteiger partial charge in [-0.15, -0.1) is 0 Å². The van der Waals surface area contributed by atoms with E-state index in [1.165, 1.54) is 17.5 Å². The molecular weight excluding hydrogens is 240 g/mol. The van der Waals surface area contributed by atoms with Crippen molar-refractivity contribution in [2.75, 3.05) is 12.8 Å². The molecule has 0 amide bonds. The quantitative estimate of drug-likeness (QED) is 0.870. The minimum Gasteiger partial charge on any atom is -0.493 e. The smallest absolute Gasteiger partial charge is 0.280 e. The third-order valence-corrected chi connectivity index (χ3v) is 2.81. The number of hydrogen-bond acceptors (Lipinski definition) is 6. The topological polar surface area (TPSA) is 77.6 Å². The standard InChI is InChI=1S/C11H12N2O3S/c1-15-9-4-7(6-14)2-3-8(9)16-11-13-5-10(12)17-11/h2-5,14H,6,12H2,1H3. The Morgan fingerprint density at radius 2 is 2.24 bits per heavy atom. The monoisotopic (exact) mass is 252 g/mol. The summed E-state index contributed by atoms with van der Waals surface area (Å²) in [7, 11) is 1.54. The number of rotatable bonds is 4. The summed E-state index contributed by atoms with van der Waals surface area (Å²) in [6, 6.07) is 5.20. The number of methoxy groups -OCH3 is 1. The molecule has 0 bridgehead atoms. The van der Waals surface area contributed by atoms with E-state index in [9.17, 15) is 0 Å². The number of benzene rings is 1. The second-order valence-electron chi connectivity index (χ2n) is 3.27. The molecule has 0 aliphatic carbocycles. The predicted molar refractivity (Wildman–Crippen MR) is 65.5 cm³/mol. The minimum atomic E-state index is -0.0408. The molecule has 6 heteroatoms. The van der Waals surface area contributed by atoms with Crippen molar-refractivity contribution in [2.24, 2.45) is 0 Å². The molecule has 2 aromatic rings. The molecule has 0 radical (unpaired) electrons. The van der Waals surface area contributed by atoms with Crippen molar-refractivity contribution in [3.05, 3.63) is 30.0 Å². The first-order valence-electron chi connectivity index (χ1n) is 4.90. The van der Waals surface area contributed by atoms with Crippen molar-refractivity contribution in [1.82, 2.24) is 4.98 Å². The molecule has 1 aromatic heterocycles. The zero-order chi connectivity index (χ0) is 12.3. The largest absolute Gasteiger partial charge is 0.493 e. The summed E-state index contributed by atoms with van der Waals surface area (Å²) in [6.45, 7) is -0.0408. The summed E-state index contributed by atoms with van der Waals surface area (Å²) in [5, 5.41) is 10.1. The van der Waals surface area contributed by atoms with Crippen LogP contribution in [-0.2, 0) is 6.61 Å². The molecule has 90 valence electrons. The van der Waals surface area contributed by atoms with Crippen LogP contribution in [0.2, 0.25) is 0 Å². The lowest BCUT2D eigenvalue weighted by Gasteiger charge is -2.09. The minimum absolute atomic E-state index is 0.0408. The maximum atomic E-state index is 9.02. The van der Waals surface area contributed by atoms with E-state index in [0.717, 1.165) is 5.56 Å². The van der Waals surface area contributed by atoms with E-state index < -0.39 is 0 Å². The number of hydrogen-bond donors (Lipinski definition) is 2. The van der Waals surface area contributed by atoms with Gasteiger partial charge in [0, 0.05) is 0 Å². The van der Waals surface area contributed by atoms with E-state index >= 15 is 0 Å². The van der Waals surface area contributed by atoms with E-state index in [4.69, 9.17) is 20.3 Å².